The van der Waals surface area contributed by atoms with Crippen molar-refractivity contribution >= 4 is 58.0 Å². The van der Waals surface area contributed by atoms with Crippen LogP contribution >= 0.6 is 34.9 Å². The van der Waals surface area contributed by atoms with Crippen LogP contribution in [0.2, 0.25) is 0 Å². The summed E-state index contributed by atoms with van der Waals surface area (Å²) in [6.07, 6.45) is 1.07. The van der Waals surface area contributed by atoms with Crippen LogP contribution in [0.25, 0.3) is 6.08 Å². The first-order valence-corrected chi connectivity index (χ1v) is 9.74. The second-order valence-corrected chi connectivity index (χ2v) is 8.11. The molecule has 2 atom stereocenters. The number of aliphatic hydroxyl groups is 1. The molecule has 122 valence electrons. The molecule has 23 heavy (non-hydrogen) atoms. The number of carbonyl (C=O) groups is 3. The molecule has 6 nitrogen and oxygen atoms in total. The van der Waals surface area contributed by atoms with Crippen molar-refractivity contribution in [1.82, 2.24) is 10.2 Å². The zero-order valence-electron chi connectivity index (χ0n) is 11.9. The fraction of sp³-hybridized carbons (Fsp3) is 0.357. The van der Waals surface area contributed by atoms with Crippen molar-refractivity contribution < 1.29 is 19.5 Å². The predicted molar refractivity (Wildman–Crippen MR) is 92.3 cm³/mol. The molecule has 0 radical (unpaired) electrons. The Labute approximate surface area is 145 Å². The number of hydrogen-bond acceptors (Lipinski definition) is 7. The van der Waals surface area contributed by atoms with E-state index in [0.717, 1.165) is 21.5 Å². The molecule has 0 aromatic carbocycles. The van der Waals surface area contributed by atoms with Crippen LogP contribution in [0, 0.1) is 0 Å². The van der Waals surface area contributed by atoms with Gasteiger partial charge in [-0.3, -0.25) is 19.3 Å². The van der Waals surface area contributed by atoms with E-state index in [0.29, 0.717) is 16.4 Å². The number of nitrogens with zero attached hydrogens (tertiary/aromatic N) is 1. The number of aliphatic hydroxyl groups excluding tert-OH is 1. The fourth-order valence-electron chi connectivity index (χ4n) is 2.22. The number of nitrogens with one attached hydrogen (secondary N) is 1. The first-order chi connectivity index (χ1) is 11.0. The lowest BCUT2D eigenvalue weighted by atomic mass is 10.2. The smallest absolute Gasteiger partial charge is 0.294 e. The van der Waals surface area contributed by atoms with E-state index in [9.17, 15) is 19.5 Å². The van der Waals surface area contributed by atoms with Gasteiger partial charge in [0.15, 0.2) is 0 Å². The van der Waals surface area contributed by atoms with Crippen LogP contribution in [0.5, 0.6) is 0 Å². The Balaban J connectivity index is 1.62. The van der Waals surface area contributed by atoms with Crippen molar-refractivity contribution in [3.8, 4) is 0 Å². The number of thiophene rings is 1. The van der Waals surface area contributed by atoms with Gasteiger partial charge in [-0.25, -0.2) is 0 Å². The summed E-state index contributed by atoms with van der Waals surface area (Å²) in [5, 5.41) is 13.8. The topological polar surface area (TPSA) is 86.7 Å². The van der Waals surface area contributed by atoms with Gasteiger partial charge in [0.1, 0.15) is 6.54 Å². The minimum Gasteiger partial charge on any atom is -0.390 e. The third-order valence-corrected chi connectivity index (χ3v) is 6.29. The van der Waals surface area contributed by atoms with Gasteiger partial charge in [-0.05, 0) is 29.3 Å². The highest BCUT2D eigenvalue weighted by Gasteiger charge is 2.37. The monoisotopic (exact) mass is 370 g/mol. The number of hydrogen-bond donors (Lipinski definition) is 2. The molecule has 3 amide bonds. The second kappa shape index (κ2) is 7.08. The molecule has 0 spiro atoms. The number of carbonyl (C=O) groups excluding carboxylic acids is 3. The minimum absolute atomic E-state index is 0.319. The van der Waals surface area contributed by atoms with Crippen LogP contribution in [-0.4, -0.2) is 57.3 Å². The third-order valence-electron chi connectivity index (χ3n) is 3.39. The van der Waals surface area contributed by atoms with Crippen molar-refractivity contribution in [3.05, 3.63) is 27.3 Å². The van der Waals surface area contributed by atoms with Crippen molar-refractivity contribution in [1.29, 1.82) is 0 Å². The first-order valence-electron chi connectivity index (χ1n) is 6.88. The van der Waals surface area contributed by atoms with Gasteiger partial charge in [0.05, 0.1) is 17.1 Å². The summed E-state index contributed by atoms with van der Waals surface area (Å²) < 4.78 is 0. The molecule has 3 rings (SSSR count). The maximum absolute atomic E-state index is 12.3. The molecule has 9 heteroatoms. The summed E-state index contributed by atoms with van der Waals surface area (Å²) in [4.78, 5) is 38.4. The molecule has 2 aliphatic heterocycles. The summed E-state index contributed by atoms with van der Waals surface area (Å²) in [6, 6.07) is 3.39. The molecular formula is C14H14N2O4S3. The van der Waals surface area contributed by atoms with Crippen molar-refractivity contribution in [2.75, 3.05) is 18.1 Å². The van der Waals surface area contributed by atoms with Crippen molar-refractivity contribution in [2.24, 2.45) is 0 Å². The van der Waals surface area contributed by atoms with Crippen molar-refractivity contribution in [3.63, 3.8) is 0 Å². The summed E-state index contributed by atoms with van der Waals surface area (Å²) >= 11 is 3.86. The highest BCUT2D eigenvalue weighted by atomic mass is 32.2. The lowest BCUT2D eigenvalue weighted by Crippen LogP contribution is -2.47. The number of rotatable bonds is 4. The van der Waals surface area contributed by atoms with Crippen LogP contribution in [0.3, 0.4) is 0 Å². The van der Waals surface area contributed by atoms with Gasteiger partial charge in [-0.15, -0.1) is 11.3 Å². The van der Waals surface area contributed by atoms with E-state index in [1.807, 2.05) is 17.5 Å². The molecule has 1 aromatic heterocycles. The Morgan fingerprint density at radius 3 is 2.91 bits per heavy atom. The van der Waals surface area contributed by atoms with Crippen LogP contribution in [-0.2, 0) is 9.59 Å². The molecule has 2 saturated heterocycles. The van der Waals surface area contributed by atoms with E-state index in [4.69, 9.17) is 0 Å². The standard InChI is InChI=1S/C14H14N2O4S3/c17-10-7-21-6-9(10)15-12(18)5-16-13(19)11(23-14(16)20)4-8-2-1-3-22-8/h1-4,9-10,17H,5-7H2,(H,15,18). The zero-order chi connectivity index (χ0) is 16.4. The molecule has 0 saturated carbocycles. The fourth-order valence-corrected chi connectivity index (χ4v) is 4.95. The predicted octanol–water partition coefficient (Wildman–Crippen LogP) is 1.38. The van der Waals surface area contributed by atoms with Gasteiger partial charge in [0.25, 0.3) is 11.1 Å². The van der Waals surface area contributed by atoms with Crippen LogP contribution in [0.15, 0.2) is 22.4 Å². The first kappa shape index (κ1) is 16.6. The van der Waals surface area contributed by atoms with E-state index < -0.39 is 23.2 Å². The van der Waals surface area contributed by atoms with Crippen molar-refractivity contribution in [2.45, 2.75) is 12.1 Å². The maximum Gasteiger partial charge on any atom is 0.294 e. The van der Waals surface area contributed by atoms with Gasteiger partial charge in [0.2, 0.25) is 5.91 Å². The Bertz CT molecular complexity index is 659. The Kier molecular flexibility index (Phi) is 5.10. The minimum atomic E-state index is -0.586. The van der Waals surface area contributed by atoms with E-state index in [2.05, 4.69) is 5.32 Å². The zero-order valence-corrected chi connectivity index (χ0v) is 14.4. The average Bonchev–Trinajstić information content (AvgIpc) is 3.20. The molecule has 1 aromatic rings. The summed E-state index contributed by atoms with van der Waals surface area (Å²) in [5.41, 5.74) is 0. The lowest BCUT2D eigenvalue weighted by Gasteiger charge is -2.18. The van der Waals surface area contributed by atoms with Gasteiger partial charge >= 0.3 is 0 Å². The normalized spacial score (nSPS) is 26.3. The van der Waals surface area contributed by atoms with Gasteiger partial charge in [0, 0.05) is 16.4 Å². The SMILES string of the molecule is O=C(CN1C(=O)SC(=Cc2cccs2)C1=O)NC1CSCC1O. The summed E-state index contributed by atoms with van der Waals surface area (Å²) in [7, 11) is 0. The molecule has 2 aliphatic rings. The van der Waals surface area contributed by atoms with Crippen LogP contribution in [0.4, 0.5) is 4.79 Å². The Morgan fingerprint density at radius 2 is 2.26 bits per heavy atom. The molecular weight excluding hydrogens is 356 g/mol. The van der Waals surface area contributed by atoms with E-state index >= 15 is 0 Å². The molecule has 2 unspecified atom stereocenters. The highest BCUT2D eigenvalue weighted by molar-refractivity contribution is 8.18. The second-order valence-electron chi connectivity index (χ2n) is 5.06. The van der Waals surface area contributed by atoms with Crippen LogP contribution < -0.4 is 5.32 Å². The Morgan fingerprint density at radius 1 is 1.43 bits per heavy atom. The van der Waals surface area contributed by atoms with E-state index in [1.165, 1.54) is 11.3 Å². The molecule has 0 aliphatic carbocycles. The molecule has 3 heterocycles. The van der Waals surface area contributed by atoms with Gasteiger partial charge in [-0.1, -0.05) is 6.07 Å². The summed E-state index contributed by atoms with van der Waals surface area (Å²) in [6.45, 7) is -0.319. The van der Waals surface area contributed by atoms with Gasteiger partial charge < -0.3 is 10.4 Å². The lowest BCUT2D eigenvalue weighted by molar-refractivity contribution is -0.129. The average molecular weight is 370 g/mol. The van der Waals surface area contributed by atoms with Crippen LogP contribution in [0.1, 0.15) is 4.88 Å². The number of amides is 3. The maximum atomic E-state index is 12.3. The summed E-state index contributed by atoms with van der Waals surface area (Å²) in [5.74, 6) is 0.324. The molecule has 2 N–H and O–H groups in total. The molecule has 0 bridgehead atoms. The highest BCUT2D eigenvalue weighted by Crippen LogP contribution is 2.32. The number of imide groups is 1. The molecule has 2 fully saturated rings. The van der Waals surface area contributed by atoms with Gasteiger partial charge in [-0.2, -0.15) is 11.8 Å². The van der Waals surface area contributed by atoms with E-state index in [-0.39, 0.29) is 12.6 Å². The Hall–Kier alpha value is -1.29. The quantitative estimate of drug-likeness (QED) is 0.779. The number of thioether (sulfide) groups is 2. The van der Waals surface area contributed by atoms with E-state index in [1.54, 1.807) is 17.8 Å². The third kappa shape index (κ3) is 3.79. The largest absolute Gasteiger partial charge is 0.390 e.